The monoisotopic (exact) mass is 335 g/mol. The number of hydrogen-bond donors (Lipinski definition) is 3. The Labute approximate surface area is 141 Å². The smallest absolute Gasteiger partial charge is 0.245 e. The summed E-state index contributed by atoms with van der Waals surface area (Å²) in [4.78, 5) is 32.1. The molecule has 0 spiro atoms. The predicted octanol–water partition coefficient (Wildman–Crippen LogP) is -1.05. The number of aromatic nitrogens is 1. The molecule has 0 radical (unpaired) electrons. The molecule has 0 aromatic carbocycles. The van der Waals surface area contributed by atoms with E-state index in [2.05, 4.69) is 32.5 Å². The van der Waals surface area contributed by atoms with E-state index in [1.807, 2.05) is 12.1 Å². The Bertz CT molecular complexity index is 573. The highest BCUT2D eigenvalue weighted by molar-refractivity contribution is 5.86. The lowest BCUT2D eigenvalue weighted by atomic mass is 10.2. The van der Waals surface area contributed by atoms with E-state index in [-0.39, 0.29) is 5.91 Å². The Morgan fingerprint density at radius 3 is 2.67 bits per heavy atom. The highest BCUT2D eigenvalue weighted by atomic mass is 16.3. The van der Waals surface area contributed by atoms with Gasteiger partial charge in [-0.3, -0.25) is 9.59 Å². The second kappa shape index (κ2) is 8.60. The number of amides is 2. The predicted molar refractivity (Wildman–Crippen MR) is 90.5 cm³/mol. The Hall–Kier alpha value is -2.19. The third-order valence-corrected chi connectivity index (χ3v) is 4.00. The molecule has 0 unspecified atom stereocenters. The van der Waals surface area contributed by atoms with Gasteiger partial charge in [0, 0.05) is 51.4 Å². The average Bonchev–Trinajstić information content (AvgIpc) is 2.58. The number of nitrogens with one attached hydrogen (secondary N) is 2. The molecule has 132 valence electrons. The van der Waals surface area contributed by atoms with E-state index < -0.39 is 18.6 Å². The first-order valence-corrected chi connectivity index (χ1v) is 8.04. The quantitative estimate of drug-likeness (QED) is 0.613. The van der Waals surface area contributed by atoms with E-state index in [1.54, 1.807) is 6.20 Å². The number of aliphatic hydroxyl groups is 1. The number of rotatable bonds is 6. The fourth-order valence-electron chi connectivity index (χ4n) is 2.62. The van der Waals surface area contributed by atoms with Crippen molar-refractivity contribution in [2.75, 3.05) is 44.7 Å². The minimum atomic E-state index is -0.939. The molecule has 3 N–H and O–H groups in total. The minimum absolute atomic E-state index is 0.296. The number of nitrogens with zero attached hydrogens (tertiary/aromatic N) is 3. The molecule has 1 atom stereocenters. The largest absolute Gasteiger partial charge is 0.394 e. The summed E-state index contributed by atoms with van der Waals surface area (Å²) < 4.78 is 0. The summed E-state index contributed by atoms with van der Waals surface area (Å²) in [5.41, 5.74) is 0.912. The van der Waals surface area contributed by atoms with Gasteiger partial charge in [0.15, 0.2) is 0 Å². The van der Waals surface area contributed by atoms with Gasteiger partial charge < -0.3 is 25.5 Å². The molecule has 0 bridgehead atoms. The van der Waals surface area contributed by atoms with Gasteiger partial charge in [-0.1, -0.05) is 6.07 Å². The van der Waals surface area contributed by atoms with Crippen molar-refractivity contribution in [1.82, 2.24) is 20.5 Å². The van der Waals surface area contributed by atoms with Gasteiger partial charge >= 0.3 is 0 Å². The summed E-state index contributed by atoms with van der Waals surface area (Å²) in [6.45, 7) is 4.88. The van der Waals surface area contributed by atoms with Crippen molar-refractivity contribution in [3.63, 3.8) is 0 Å². The first-order valence-electron chi connectivity index (χ1n) is 8.04. The van der Waals surface area contributed by atoms with Gasteiger partial charge in [-0.25, -0.2) is 4.98 Å². The Balaban J connectivity index is 2.00. The summed E-state index contributed by atoms with van der Waals surface area (Å²) >= 11 is 0. The van der Waals surface area contributed by atoms with E-state index in [1.165, 1.54) is 6.92 Å². The minimum Gasteiger partial charge on any atom is -0.394 e. The third-order valence-electron chi connectivity index (χ3n) is 4.00. The van der Waals surface area contributed by atoms with Gasteiger partial charge in [0.2, 0.25) is 11.8 Å². The van der Waals surface area contributed by atoms with Crippen LogP contribution in [0.25, 0.3) is 0 Å². The number of piperazine rings is 1. The Kier molecular flexibility index (Phi) is 6.51. The molecule has 2 rings (SSSR count). The molecule has 1 fully saturated rings. The van der Waals surface area contributed by atoms with Crippen LogP contribution in [0.4, 0.5) is 5.82 Å². The zero-order valence-electron chi connectivity index (χ0n) is 14.2. The van der Waals surface area contributed by atoms with Crippen molar-refractivity contribution < 1.29 is 14.7 Å². The molecular weight excluding hydrogens is 310 g/mol. The van der Waals surface area contributed by atoms with E-state index in [9.17, 15) is 14.7 Å². The number of anilines is 1. The average molecular weight is 335 g/mol. The SMILES string of the molecule is CC(=O)N[C@H](CO)C(=O)NCc1cccnc1N1CCN(C)CC1. The van der Waals surface area contributed by atoms with Crippen molar-refractivity contribution in [3.8, 4) is 0 Å². The van der Waals surface area contributed by atoms with Gasteiger partial charge in [-0.05, 0) is 13.1 Å². The van der Waals surface area contributed by atoms with Crippen LogP contribution in [-0.2, 0) is 16.1 Å². The lowest BCUT2D eigenvalue weighted by Crippen LogP contribution is -2.48. The molecule has 1 aromatic rings. The fourth-order valence-corrected chi connectivity index (χ4v) is 2.62. The van der Waals surface area contributed by atoms with Crippen LogP contribution in [0, 0.1) is 0 Å². The molecule has 8 heteroatoms. The van der Waals surface area contributed by atoms with Crippen LogP contribution >= 0.6 is 0 Å². The van der Waals surface area contributed by atoms with Crippen molar-refractivity contribution in [3.05, 3.63) is 23.9 Å². The van der Waals surface area contributed by atoms with Gasteiger partial charge in [0.05, 0.1) is 6.61 Å². The highest BCUT2D eigenvalue weighted by Crippen LogP contribution is 2.18. The third kappa shape index (κ3) is 4.90. The van der Waals surface area contributed by atoms with Crippen molar-refractivity contribution in [2.45, 2.75) is 19.5 Å². The fraction of sp³-hybridized carbons (Fsp3) is 0.562. The summed E-state index contributed by atoms with van der Waals surface area (Å²) in [6, 6.07) is 2.82. The molecule has 0 saturated carbocycles. The molecule has 0 aliphatic carbocycles. The maximum Gasteiger partial charge on any atom is 0.245 e. The maximum absolute atomic E-state index is 12.1. The number of aliphatic hydroxyl groups excluding tert-OH is 1. The van der Waals surface area contributed by atoms with Crippen LogP contribution in [0.2, 0.25) is 0 Å². The molecule has 1 aliphatic rings. The van der Waals surface area contributed by atoms with E-state index in [0.717, 1.165) is 37.6 Å². The van der Waals surface area contributed by atoms with Crippen molar-refractivity contribution in [2.24, 2.45) is 0 Å². The second-order valence-corrected chi connectivity index (χ2v) is 5.93. The van der Waals surface area contributed by atoms with Crippen LogP contribution in [-0.4, -0.2) is 72.7 Å². The van der Waals surface area contributed by atoms with Gasteiger partial charge in [0.1, 0.15) is 11.9 Å². The highest BCUT2D eigenvalue weighted by Gasteiger charge is 2.20. The van der Waals surface area contributed by atoms with Crippen LogP contribution in [0.5, 0.6) is 0 Å². The maximum atomic E-state index is 12.1. The molecule has 1 aromatic heterocycles. The molecular formula is C16H25N5O3. The first-order chi connectivity index (χ1) is 11.5. The number of carbonyl (C=O) groups is 2. The van der Waals surface area contributed by atoms with Gasteiger partial charge in [-0.15, -0.1) is 0 Å². The number of hydrogen-bond acceptors (Lipinski definition) is 6. The molecule has 24 heavy (non-hydrogen) atoms. The van der Waals surface area contributed by atoms with Crippen LogP contribution in [0.3, 0.4) is 0 Å². The summed E-state index contributed by atoms with van der Waals surface area (Å²) in [7, 11) is 2.09. The van der Waals surface area contributed by atoms with Crippen LogP contribution in [0.1, 0.15) is 12.5 Å². The number of carbonyl (C=O) groups excluding carboxylic acids is 2. The van der Waals surface area contributed by atoms with Gasteiger partial charge in [-0.2, -0.15) is 0 Å². The van der Waals surface area contributed by atoms with E-state index in [0.29, 0.717) is 6.54 Å². The topological polar surface area (TPSA) is 97.8 Å². The molecule has 8 nitrogen and oxygen atoms in total. The zero-order chi connectivity index (χ0) is 17.5. The number of pyridine rings is 1. The Morgan fingerprint density at radius 1 is 1.33 bits per heavy atom. The standard InChI is InChI=1S/C16H25N5O3/c1-12(23)19-14(11-22)16(24)18-10-13-4-3-5-17-15(13)21-8-6-20(2)7-9-21/h3-5,14,22H,6-11H2,1-2H3,(H,18,24)(H,19,23)/t14-/m1/s1. The van der Waals surface area contributed by atoms with Crippen molar-refractivity contribution in [1.29, 1.82) is 0 Å². The van der Waals surface area contributed by atoms with Gasteiger partial charge in [0.25, 0.3) is 0 Å². The van der Waals surface area contributed by atoms with E-state index >= 15 is 0 Å². The van der Waals surface area contributed by atoms with Crippen molar-refractivity contribution >= 4 is 17.6 Å². The van der Waals surface area contributed by atoms with E-state index in [4.69, 9.17) is 0 Å². The first kappa shape index (κ1) is 18.2. The molecule has 1 aliphatic heterocycles. The molecule has 2 amide bonds. The normalized spacial score (nSPS) is 16.5. The van der Waals surface area contributed by atoms with Crippen LogP contribution in [0.15, 0.2) is 18.3 Å². The summed E-state index contributed by atoms with van der Waals surface area (Å²) in [5.74, 6) is 0.0931. The summed E-state index contributed by atoms with van der Waals surface area (Å²) in [5, 5.41) is 14.4. The molecule has 2 heterocycles. The van der Waals surface area contributed by atoms with Crippen LogP contribution < -0.4 is 15.5 Å². The number of likely N-dealkylation sites (N-methyl/N-ethyl adjacent to an activating group) is 1. The zero-order valence-corrected chi connectivity index (χ0v) is 14.2. The lowest BCUT2D eigenvalue weighted by Gasteiger charge is -2.34. The second-order valence-electron chi connectivity index (χ2n) is 5.93. The summed E-state index contributed by atoms with van der Waals surface area (Å²) in [6.07, 6.45) is 1.74. The Morgan fingerprint density at radius 2 is 2.04 bits per heavy atom. The lowest BCUT2D eigenvalue weighted by molar-refractivity contribution is -0.129. The molecule has 1 saturated heterocycles.